The molecule has 1 aliphatic carbocycles. The maximum absolute atomic E-state index is 13.2. The average Bonchev–Trinajstić information content (AvgIpc) is 3.26. The van der Waals surface area contributed by atoms with Gasteiger partial charge in [0.25, 0.3) is 11.8 Å². The standard InChI is InChI=1S/C24H30N2O5S2/c1-14(2)31-18-7-5-16(6-8-18)22(27)26-24-21(19-9-4-15(3)12-20(19)32-24)23(28)25-17-10-11-33(29,30)13-17/h5-8,14-15,17H,4,9-13H2,1-3H3,(H,25,28)(H,26,27). The maximum atomic E-state index is 13.2. The Balaban J connectivity index is 1.57. The van der Waals surface area contributed by atoms with Crippen molar-refractivity contribution >= 4 is 38.0 Å². The van der Waals surface area contributed by atoms with Gasteiger partial charge in [0.2, 0.25) is 0 Å². The summed E-state index contributed by atoms with van der Waals surface area (Å²) in [4.78, 5) is 27.3. The van der Waals surface area contributed by atoms with Crippen molar-refractivity contribution < 1.29 is 22.7 Å². The summed E-state index contributed by atoms with van der Waals surface area (Å²) in [5.41, 5.74) is 1.94. The Morgan fingerprint density at radius 2 is 1.85 bits per heavy atom. The summed E-state index contributed by atoms with van der Waals surface area (Å²) in [6.07, 6.45) is 3.09. The minimum absolute atomic E-state index is 0.0331. The van der Waals surface area contributed by atoms with E-state index in [-0.39, 0.29) is 29.4 Å². The molecule has 33 heavy (non-hydrogen) atoms. The number of amides is 2. The predicted molar refractivity (Wildman–Crippen MR) is 130 cm³/mol. The number of rotatable bonds is 6. The highest BCUT2D eigenvalue weighted by molar-refractivity contribution is 7.91. The van der Waals surface area contributed by atoms with Gasteiger partial charge in [-0.05, 0) is 75.3 Å². The number of anilines is 1. The van der Waals surface area contributed by atoms with Gasteiger partial charge in [-0.15, -0.1) is 11.3 Å². The second kappa shape index (κ2) is 9.46. The largest absolute Gasteiger partial charge is 0.491 e. The number of ether oxygens (including phenoxy) is 1. The quantitative estimate of drug-likeness (QED) is 0.641. The highest BCUT2D eigenvalue weighted by atomic mass is 32.2. The molecular formula is C24H30N2O5S2. The fraction of sp³-hybridized carbons (Fsp3) is 0.500. The van der Waals surface area contributed by atoms with Crippen LogP contribution >= 0.6 is 11.3 Å². The van der Waals surface area contributed by atoms with Crippen molar-refractivity contribution in [1.82, 2.24) is 5.32 Å². The lowest BCUT2D eigenvalue weighted by atomic mass is 9.88. The number of thiophene rings is 1. The lowest BCUT2D eigenvalue weighted by Crippen LogP contribution is -2.36. The van der Waals surface area contributed by atoms with Crippen molar-refractivity contribution in [3.05, 3.63) is 45.8 Å². The lowest BCUT2D eigenvalue weighted by molar-refractivity contribution is 0.0941. The first kappa shape index (κ1) is 23.8. The molecule has 4 rings (SSSR count). The van der Waals surface area contributed by atoms with Gasteiger partial charge in [-0.1, -0.05) is 6.92 Å². The molecule has 0 spiro atoms. The van der Waals surface area contributed by atoms with E-state index < -0.39 is 15.9 Å². The first-order valence-corrected chi connectivity index (χ1v) is 14.0. The predicted octanol–water partition coefficient (Wildman–Crippen LogP) is 3.83. The van der Waals surface area contributed by atoms with Crippen molar-refractivity contribution in [2.45, 2.75) is 58.6 Å². The Bertz CT molecular complexity index is 1150. The Labute approximate surface area is 198 Å². The third kappa shape index (κ3) is 5.58. The van der Waals surface area contributed by atoms with Crippen LogP contribution in [0.5, 0.6) is 5.75 Å². The lowest BCUT2D eigenvalue weighted by Gasteiger charge is -2.19. The molecule has 2 unspecified atom stereocenters. The van der Waals surface area contributed by atoms with E-state index in [2.05, 4.69) is 17.6 Å². The molecule has 9 heteroatoms. The molecule has 1 aromatic carbocycles. The Kier molecular flexibility index (Phi) is 6.81. The van der Waals surface area contributed by atoms with Crippen LogP contribution in [0.25, 0.3) is 0 Å². The van der Waals surface area contributed by atoms with Crippen LogP contribution in [0.1, 0.15) is 64.8 Å². The first-order valence-electron chi connectivity index (χ1n) is 11.3. The third-order valence-electron chi connectivity index (χ3n) is 6.02. The molecule has 2 atom stereocenters. The Morgan fingerprint density at radius 1 is 1.12 bits per heavy atom. The number of carbonyl (C=O) groups excluding carboxylic acids is 2. The van der Waals surface area contributed by atoms with Gasteiger partial charge in [0.05, 0.1) is 23.2 Å². The SMILES string of the molecule is CC1CCc2c(sc(NC(=O)c3ccc(OC(C)C)cc3)c2C(=O)NC2CCS(=O)(=O)C2)C1. The van der Waals surface area contributed by atoms with Crippen LogP contribution in [-0.4, -0.2) is 43.9 Å². The van der Waals surface area contributed by atoms with Crippen LogP contribution in [0, 0.1) is 5.92 Å². The molecule has 0 radical (unpaired) electrons. The highest BCUT2D eigenvalue weighted by Crippen LogP contribution is 2.40. The van der Waals surface area contributed by atoms with E-state index in [1.54, 1.807) is 24.3 Å². The van der Waals surface area contributed by atoms with Crippen LogP contribution < -0.4 is 15.4 Å². The topological polar surface area (TPSA) is 102 Å². The molecular weight excluding hydrogens is 460 g/mol. The van der Waals surface area contributed by atoms with Crippen LogP contribution in [0.3, 0.4) is 0 Å². The summed E-state index contributed by atoms with van der Waals surface area (Å²) in [6, 6.07) is 6.52. The van der Waals surface area contributed by atoms with Crippen molar-refractivity contribution in [2.24, 2.45) is 5.92 Å². The van der Waals surface area contributed by atoms with E-state index >= 15 is 0 Å². The highest BCUT2D eigenvalue weighted by Gasteiger charge is 2.33. The average molecular weight is 491 g/mol. The van der Waals surface area contributed by atoms with Crippen LogP contribution in [0.4, 0.5) is 5.00 Å². The van der Waals surface area contributed by atoms with Crippen molar-refractivity contribution in [3.63, 3.8) is 0 Å². The zero-order valence-corrected chi connectivity index (χ0v) is 20.8. The normalized spacial score (nSPS) is 21.5. The van der Waals surface area contributed by atoms with Gasteiger partial charge in [0.1, 0.15) is 10.8 Å². The number of nitrogens with one attached hydrogen (secondary N) is 2. The van der Waals surface area contributed by atoms with E-state index in [0.29, 0.717) is 34.2 Å². The molecule has 2 amide bonds. The molecule has 2 aromatic rings. The van der Waals surface area contributed by atoms with Gasteiger partial charge in [-0.2, -0.15) is 0 Å². The molecule has 2 aliphatic rings. The van der Waals surface area contributed by atoms with Gasteiger partial charge in [-0.3, -0.25) is 9.59 Å². The smallest absolute Gasteiger partial charge is 0.256 e. The molecule has 0 saturated carbocycles. The Morgan fingerprint density at radius 3 is 2.48 bits per heavy atom. The number of sulfone groups is 1. The number of carbonyl (C=O) groups is 2. The monoisotopic (exact) mass is 490 g/mol. The molecule has 1 fully saturated rings. The minimum atomic E-state index is -3.10. The summed E-state index contributed by atoms with van der Waals surface area (Å²) in [6.45, 7) is 6.06. The molecule has 178 valence electrons. The second-order valence-corrected chi connectivity index (χ2v) is 12.6. The molecule has 2 N–H and O–H groups in total. The fourth-order valence-corrected chi connectivity index (χ4v) is 7.45. The molecule has 1 aliphatic heterocycles. The van der Waals surface area contributed by atoms with Gasteiger partial charge in [0, 0.05) is 16.5 Å². The van der Waals surface area contributed by atoms with Crippen molar-refractivity contribution in [3.8, 4) is 5.75 Å². The van der Waals surface area contributed by atoms with E-state index in [1.807, 2.05) is 13.8 Å². The number of fused-ring (bicyclic) bond motifs is 1. The first-order chi connectivity index (χ1) is 15.6. The number of benzene rings is 1. The van der Waals surface area contributed by atoms with Gasteiger partial charge >= 0.3 is 0 Å². The van der Waals surface area contributed by atoms with Gasteiger partial charge in [-0.25, -0.2) is 8.42 Å². The van der Waals surface area contributed by atoms with E-state index in [4.69, 9.17) is 4.74 Å². The Hall–Kier alpha value is -2.39. The van der Waals surface area contributed by atoms with Crippen LogP contribution in [0.2, 0.25) is 0 Å². The second-order valence-electron chi connectivity index (χ2n) is 9.27. The summed E-state index contributed by atoms with van der Waals surface area (Å²) < 4.78 is 29.3. The van der Waals surface area contributed by atoms with Crippen LogP contribution in [0.15, 0.2) is 24.3 Å². The van der Waals surface area contributed by atoms with Gasteiger partial charge < -0.3 is 15.4 Å². The fourth-order valence-electron chi connectivity index (χ4n) is 4.38. The third-order valence-corrected chi connectivity index (χ3v) is 8.96. The molecule has 7 nitrogen and oxygen atoms in total. The number of hydrogen-bond acceptors (Lipinski definition) is 6. The summed E-state index contributed by atoms with van der Waals surface area (Å²) in [5, 5.41) is 6.37. The van der Waals surface area contributed by atoms with Crippen molar-refractivity contribution in [1.29, 1.82) is 0 Å². The summed E-state index contributed by atoms with van der Waals surface area (Å²) in [5.74, 6) is 0.666. The molecule has 1 saturated heterocycles. The summed E-state index contributed by atoms with van der Waals surface area (Å²) in [7, 11) is -3.10. The van der Waals surface area contributed by atoms with E-state index in [9.17, 15) is 18.0 Å². The van der Waals surface area contributed by atoms with Crippen molar-refractivity contribution in [2.75, 3.05) is 16.8 Å². The van der Waals surface area contributed by atoms with Gasteiger partial charge in [0.15, 0.2) is 9.84 Å². The number of hydrogen-bond donors (Lipinski definition) is 2. The maximum Gasteiger partial charge on any atom is 0.256 e. The molecule has 2 heterocycles. The van der Waals surface area contributed by atoms with Crippen LogP contribution in [-0.2, 0) is 22.7 Å². The van der Waals surface area contributed by atoms with E-state index in [1.165, 1.54) is 11.3 Å². The minimum Gasteiger partial charge on any atom is -0.491 e. The molecule has 1 aromatic heterocycles. The zero-order chi connectivity index (χ0) is 23.8. The summed E-state index contributed by atoms with van der Waals surface area (Å²) >= 11 is 1.45. The molecule has 0 bridgehead atoms. The van der Waals surface area contributed by atoms with E-state index in [0.717, 1.165) is 29.7 Å². The zero-order valence-electron chi connectivity index (χ0n) is 19.1.